The lowest BCUT2D eigenvalue weighted by Crippen LogP contribution is -2.39. The van der Waals surface area contributed by atoms with Gasteiger partial charge in [0.1, 0.15) is 5.75 Å². The molecule has 1 fully saturated rings. The van der Waals surface area contributed by atoms with E-state index in [-0.39, 0.29) is 18.8 Å². The standard InChI is InChI=1S/C22H24BrNO5/c1-2-27-18-6-4-16(23)12-17(18)21(24-9-7-14(8-10-24)22(25)26)15-3-5-19-20(11-15)29-13-28-19/h3-6,11-12,14,21H,2,7-10,13H2,1H3,(H,25,26). The van der Waals surface area contributed by atoms with Crippen molar-refractivity contribution in [2.75, 3.05) is 26.5 Å². The van der Waals surface area contributed by atoms with Gasteiger partial charge in [0.15, 0.2) is 11.5 Å². The summed E-state index contributed by atoms with van der Waals surface area (Å²) in [7, 11) is 0. The molecule has 0 radical (unpaired) electrons. The van der Waals surface area contributed by atoms with E-state index in [1.54, 1.807) is 0 Å². The van der Waals surface area contributed by atoms with Gasteiger partial charge in [-0.3, -0.25) is 9.69 Å². The topological polar surface area (TPSA) is 68.2 Å². The number of piperidine rings is 1. The first-order valence-electron chi connectivity index (χ1n) is 9.85. The van der Waals surface area contributed by atoms with E-state index in [0.717, 1.165) is 32.8 Å². The maximum Gasteiger partial charge on any atom is 0.306 e. The van der Waals surface area contributed by atoms with Crippen LogP contribution in [0.5, 0.6) is 17.2 Å². The van der Waals surface area contributed by atoms with Crippen LogP contribution in [0.1, 0.15) is 36.9 Å². The third kappa shape index (κ3) is 4.21. The number of carboxylic acids is 1. The second kappa shape index (κ2) is 8.63. The third-order valence-corrected chi connectivity index (χ3v) is 6.02. The van der Waals surface area contributed by atoms with Crippen molar-refractivity contribution in [3.05, 3.63) is 52.0 Å². The van der Waals surface area contributed by atoms with Crippen molar-refractivity contribution in [1.29, 1.82) is 0 Å². The summed E-state index contributed by atoms with van der Waals surface area (Å²) in [5.41, 5.74) is 2.12. The molecule has 2 aromatic rings. The summed E-state index contributed by atoms with van der Waals surface area (Å²) in [6, 6.07) is 12.0. The lowest BCUT2D eigenvalue weighted by molar-refractivity contribution is -0.143. The van der Waals surface area contributed by atoms with Crippen LogP contribution in [0.3, 0.4) is 0 Å². The molecule has 0 saturated carbocycles. The molecule has 0 amide bonds. The van der Waals surface area contributed by atoms with Crippen molar-refractivity contribution in [3.63, 3.8) is 0 Å². The molecular weight excluding hydrogens is 438 g/mol. The van der Waals surface area contributed by atoms with Gasteiger partial charge in [0.2, 0.25) is 6.79 Å². The van der Waals surface area contributed by atoms with E-state index in [1.807, 2.05) is 31.2 Å². The molecule has 0 spiro atoms. The van der Waals surface area contributed by atoms with Gasteiger partial charge < -0.3 is 19.3 Å². The Morgan fingerprint density at radius 1 is 1.21 bits per heavy atom. The number of ether oxygens (including phenoxy) is 3. The summed E-state index contributed by atoms with van der Waals surface area (Å²) in [4.78, 5) is 13.7. The summed E-state index contributed by atoms with van der Waals surface area (Å²) in [5, 5.41) is 9.38. The Kier molecular flexibility index (Phi) is 5.96. The Morgan fingerprint density at radius 3 is 2.69 bits per heavy atom. The summed E-state index contributed by atoms with van der Waals surface area (Å²) >= 11 is 3.59. The Balaban J connectivity index is 1.74. The van der Waals surface area contributed by atoms with E-state index in [0.29, 0.717) is 32.5 Å². The van der Waals surface area contributed by atoms with E-state index in [9.17, 15) is 9.90 Å². The van der Waals surface area contributed by atoms with Gasteiger partial charge in [-0.15, -0.1) is 0 Å². The number of nitrogens with zero attached hydrogens (tertiary/aromatic N) is 1. The highest BCUT2D eigenvalue weighted by Gasteiger charge is 2.32. The third-order valence-electron chi connectivity index (χ3n) is 5.52. The molecule has 0 aliphatic carbocycles. The molecule has 6 nitrogen and oxygen atoms in total. The van der Waals surface area contributed by atoms with Gasteiger partial charge in [-0.1, -0.05) is 22.0 Å². The molecule has 2 aliphatic rings. The van der Waals surface area contributed by atoms with Crippen molar-refractivity contribution < 1.29 is 24.1 Å². The fourth-order valence-electron chi connectivity index (χ4n) is 4.09. The molecule has 1 N–H and O–H groups in total. The van der Waals surface area contributed by atoms with Gasteiger partial charge in [-0.05, 0) is 68.8 Å². The molecule has 29 heavy (non-hydrogen) atoms. The quantitative estimate of drug-likeness (QED) is 0.684. The minimum atomic E-state index is -0.707. The average Bonchev–Trinajstić information content (AvgIpc) is 3.19. The van der Waals surface area contributed by atoms with E-state index in [4.69, 9.17) is 14.2 Å². The van der Waals surface area contributed by atoms with Crippen molar-refractivity contribution in [2.24, 2.45) is 5.92 Å². The van der Waals surface area contributed by atoms with Crippen molar-refractivity contribution in [3.8, 4) is 17.2 Å². The summed E-state index contributed by atoms with van der Waals surface area (Å²) in [6.45, 7) is 4.18. The van der Waals surface area contributed by atoms with Crippen LogP contribution >= 0.6 is 15.9 Å². The molecule has 0 bridgehead atoms. The number of benzene rings is 2. The highest BCUT2D eigenvalue weighted by atomic mass is 79.9. The zero-order valence-electron chi connectivity index (χ0n) is 16.3. The molecule has 4 rings (SSSR count). The maximum atomic E-state index is 11.4. The van der Waals surface area contributed by atoms with Gasteiger partial charge in [0.05, 0.1) is 18.6 Å². The summed E-state index contributed by atoms with van der Waals surface area (Å²) < 4.78 is 18.0. The monoisotopic (exact) mass is 461 g/mol. The molecular formula is C22H24BrNO5. The molecule has 154 valence electrons. The van der Waals surface area contributed by atoms with Crippen molar-refractivity contribution in [2.45, 2.75) is 25.8 Å². The van der Waals surface area contributed by atoms with Gasteiger partial charge >= 0.3 is 5.97 Å². The van der Waals surface area contributed by atoms with Crippen LogP contribution in [-0.4, -0.2) is 42.5 Å². The largest absolute Gasteiger partial charge is 0.494 e. The lowest BCUT2D eigenvalue weighted by atomic mass is 9.90. The number of rotatable bonds is 6. The first-order chi connectivity index (χ1) is 14.1. The molecule has 1 saturated heterocycles. The zero-order valence-corrected chi connectivity index (χ0v) is 17.9. The fourth-order valence-corrected chi connectivity index (χ4v) is 4.47. The minimum absolute atomic E-state index is 0.0710. The Morgan fingerprint density at radius 2 is 1.97 bits per heavy atom. The second-order valence-corrected chi connectivity index (χ2v) is 8.19. The van der Waals surface area contributed by atoms with Crippen LogP contribution in [0.15, 0.2) is 40.9 Å². The van der Waals surface area contributed by atoms with Crippen molar-refractivity contribution >= 4 is 21.9 Å². The van der Waals surface area contributed by atoms with E-state index < -0.39 is 5.97 Å². The zero-order chi connectivity index (χ0) is 20.4. The number of likely N-dealkylation sites (tertiary alicyclic amines) is 1. The van der Waals surface area contributed by atoms with Crippen LogP contribution in [0.2, 0.25) is 0 Å². The van der Waals surface area contributed by atoms with E-state index >= 15 is 0 Å². The first kappa shape index (κ1) is 20.0. The Hall–Kier alpha value is -2.25. The molecule has 1 atom stereocenters. The van der Waals surface area contributed by atoms with E-state index in [2.05, 4.69) is 33.0 Å². The predicted molar refractivity (Wildman–Crippen MR) is 112 cm³/mol. The highest BCUT2D eigenvalue weighted by molar-refractivity contribution is 9.10. The number of carboxylic acid groups (broad SMARTS) is 1. The van der Waals surface area contributed by atoms with Gasteiger partial charge in [0, 0.05) is 10.0 Å². The molecule has 2 heterocycles. The molecule has 1 unspecified atom stereocenters. The highest BCUT2D eigenvalue weighted by Crippen LogP contribution is 2.42. The molecule has 2 aromatic carbocycles. The number of halogens is 1. The Bertz CT molecular complexity index is 895. The smallest absolute Gasteiger partial charge is 0.306 e. The number of hydrogen-bond acceptors (Lipinski definition) is 5. The van der Waals surface area contributed by atoms with Crippen LogP contribution in [0.4, 0.5) is 0 Å². The molecule has 7 heteroatoms. The number of fused-ring (bicyclic) bond motifs is 1. The van der Waals surface area contributed by atoms with Crippen molar-refractivity contribution in [1.82, 2.24) is 4.90 Å². The molecule has 0 aromatic heterocycles. The van der Waals surface area contributed by atoms with E-state index in [1.165, 1.54) is 0 Å². The fraction of sp³-hybridized carbons (Fsp3) is 0.409. The van der Waals surface area contributed by atoms with Crippen LogP contribution in [-0.2, 0) is 4.79 Å². The van der Waals surface area contributed by atoms with Gasteiger partial charge in [-0.2, -0.15) is 0 Å². The minimum Gasteiger partial charge on any atom is -0.494 e. The number of hydrogen-bond donors (Lipinski definition) is 1. The average molecular weight is 462 g/mol. The maximum absolute atomic E-state index is 11.4. The van der Waals surface area contributed by atoms with Crippen LogP contribution < -0.4 is 14.2 Å². The first-order valence-corrected chi connectivity index (χ1v) is 10.6. The second-order valence-electron chi connectivity index (χ2n) is 7.28. The summed E-state index contributed by atoms with van der Waals surface area (Å²) in [6.07, 6.45) is 1.27. The Labute approximate surface area is 178 Å². The summed E-state index contributed by atoms with van der Waals surface area (Å²) in [5.74, 6) is 1.33. The van der Waals surface area contributed by atoms with Gasteiger partial charge in [0.25, 0.3) is 0 Å². The lowest BCUT2D eigenvalue weighted by Gasteiger charge is -2.37. The number of carbonyl (C=O) groups is 1. The van der Waals surface area contributed by atoms with Crippen LogP contribution in [0.25, 0.3) is 0 Å². The van der Waals surface area contributed by atoms with Crippen LogP contribution in [0, 0.1) is 5.92 Å². The normalized spacial score (nSPS) is 17.9. The predicted octanol–water partition coefficient (Wildman–Crippen LogP) is 4.46. The molecule has 2 aliphatic heterocycles. The SMILES string of the molecule is CCOc1ccc(Br)cc1C(c1ccc2c(c1)OCO2)N1CCC(C(=O)O)CC1. The number of aliphatic carboxylic acids is 1. The van der Waals surface area contributed by atoms with Gasteiger partial charge in [-0.25, -0.2) is 0 Å².